The van der Waals surface area contributed by atoms with E-state index in [-0.39, 0.29) is 29.8 Å². The summed E-state index contributed by atoms with van der Waals surface area (Å²) in [6.45, 7) is 6.78. The Hall–Kier alpha value is -5.86. The quantitative estimate of drug-likeness (QED) is 0.153. The number of likely N-dealkylation sites (tertiary alicyclic amines) is 1. The van der Waals surface area contributed by atoms with Crippen LogP contribution in [-0.2, 0) is 16.7 Å². The Balaban J connectivity index is 1.41. The Morgan fingerprint density at radius 3 is 2.45 bits per heavy atom. The zero-order chi connectivity index (χ0) is 36.5. The summed E-state index contributed by atoms with van der Waals surface area (Å²) in [5.41, 5.74) is 1.60. The smallest absolute Gasteiger partial charge is 0.410 e. The van der Waals surface area contributed by atoms with E-state index in [1.54, 1.807) is 73.6 Å². The van der Waals surface area contributed by atoms with Gasteiger partial charge in [0.25, 0.3) is 11.6 Å². The van der Waals surface area contributed by atoms with Crippen LogP contribution >= 0.6 is 0 Å². The number of methoxy groups -OCH3 is 3. The van der Waals surface area contributed by atoms with Crippen molar-refractivity contribution in [3.8, 4) is 28.6 Å². The number of nitrogens with zero attached hydrogens (tertiary/aromatic N) is 5. The van der Waals surface area contributed by atoms with Crippen molar-refractivity contribution in [3.05, 3.63) is 81.7 Å². The molecule has 2 N–H and O–H groups in total. The molecule has 2 aromatic carbocycles. The zero-order valence-electron chi connectivity index (χ0n) is 29.4. The van der Waals surface area contributed by atoms with Gasteiger partial charge in [0, 0.05) is 55.1 Å². The van der Waals surface area contributed by atoms with Crippen LogP contribution in [0.15, 0.2) is 54.7 Å². The number of H-pyrrole nitrogens is 1. The first-order valence-electron chi connectivity index (χ1n) is 16.5. The maximum absolute atomic E-state index is 14.4. The number of carbonyl (C=O) groups is 2. The topological polar surface area (TPSA) is 174 Å². The van der Waals surface area contributed by atoms with E-state index < -0.39 is 22.0 Å². The van der Waals surface area contributed by atoms with Gasteiger partial charge in [0.15, 0.2) is 0 Å². The average Bonchev–Trinajstić information content (AvgIpc) is 3.57. The number of ether oxygens (including phenoxy) is 4. The predicted molar refractivity (Wildman–Crippen MR) is 188 cm³/mol. The van der Waals surface area contributed by atoms with Crippen molar-refractivity contribution in [2.45, 2.75) is 51.2 Å². The Labute approximate surface area is 295 Å². The number of piperidine rings is 1. The lowest BCUT2D eigenvalue weighted by atomic mass is 9.73. The third kappa shape index (κ3) is 7.09. The SMILES string of the molecule is COc1cc(OC)c(CN2CC3(CCCN(C(=O)OC(C)(C)C)C3)c3[nH]c(-c4ccnc(Nc5ccccc5[N+](=O)[O-])n4)cc3C2=O)c(OC)c1. The summed E-state index contributed by atoms with van der Waals surface area (Å²) < 4.78 is 22.6. The second-order valence-corrected chi connectivity index (χ2v) is 13.6. The van der Waals surface area contributed by atoms with Gasteiger partial charge in [-0.05, 0) is 51.8 Å². The van der Waals surface area contributed by atoms with Crippen molar-refractivity contribution in [3.63, 3.8) is 0 Å². The number of anilines is 2. The van der Waals surface area contributed by atoms with Gasteiger partial charge in [-0.15, -0.1) is 0 Å². The molecule has 1 saturated heterocycles. The van der Waals surface area contributed by atoms with Gasteiger partial charge in [-0.3, -0.25) is 14.9 Å². The molecule has 268 valence electrons. The maximum Gasteiger partial charge on any atom is 0.410 e. The van der Waals surface area contributed by atoms with Crippen LogP contribution in [0.25, 0.3) is 11.4 Å². The van der Waals surface area contributed by atoms with Crippen LogP contribution in [0.4, 0.5) is 22.1 Å². The number of hydrogen-bond acceptors (Lipinski definition) is 11. The molecule has 2 aromatic heterocycles. The van der Waals surface area contributed by atoms with Crippen LogP contribution in [0.2, 0.25) is 0 Å². The van der Waals surface area contributed by atoms with Crippen molar-refractivity contribution >= 4 is 29.3 Å². The number of nitro benzene ring substituents is 1. The average molecular weight is 700 g/mol. The maximum atomic E-state index is 14.4. The molecular weight excluding hydrogens is 658 g/mol. The molecule has 15 heteroatoms. The molecule has 4 heterocycles. The third-order valence-electron chi connectivity index (χ3n) is 9.03. The standard InChI is InChI=1S/C36H41N7O8/c1-35(2,3)51-34(45)41-15-9-13-36(20-41)21-42(19-24-29(49-5)16-22(48-4)17-30(24)50-6)32(44)23-18-27(38-31(23)36)25-12-14-37-33(39-25)40-26-10-7-8-11-28(26)43(46)47/h7-8,10-12,14,16-18,38H,9,13,15,19-21H2,1-6H3,(H,37,39,40). The first-order valence-corrected chi connectivity index (χ1v) is 16.5. The predicted octanol–water partition coefficient (Wildman–Crippen LogP) is 6.07. The normalized spacial score (nSPS) is 17.2. The number of nitro groups is 1. The number of para-hydroxylation sites is 2. The van der Waals surface area contributed by atoms with E-state index in [1.807, 2.05) is 20.8 Å². The molecule has 1 fully saturated rings. The number of fused-ring (bicyclic) bond motifs is 2. The van der Waals surface area contributed by atoms with Crippen molar-refractivity contribution in [2.75, 3.05) is 46.3 Å². The van der Waals surface area contributed by atoms with E-state index in [9.17, 15) is 19.7 Å². The van der Waals surface area contributed by atoms with E-state index in [0.717, 1.165) is 0 Å². The van der Waals surface area contributed by atoms with Crippen LogP contribution in [-0.4, -0.2) is 88.2 Å². The molecule has 2 amide bonds. The highest BCUT2D eigenvalue weighted by Crippen LogP contribution is 2.44. The first kappa shape index (κ1) is 35.0. The number of rotatable bonds is 9. The molecule has 6 rings (SSSR count). The molecule has 1 unspecified atom stereocenters. The first-order chi connectivity index (χ1) is 24.3. The number of aromatic amines is 1. The highest BCUT2D eigenvalue weighted by atomic mass is 16.6. The fourth-order valence-electron chi connectivity index (χ4n) is 6.79. The monoisotopic (exact) mass is 699 g/mol. The summed E-state index contributed by atoms with van der Waals surface area (Å²) in [5, 5.41) is 14.5. The number of hydrogen-bond donors (Lipinski definition) is 2. The van der Waals surface area contributed by atoms with Gasteiger partial charge in [0.05, 0.1) is 55.3 Å². The summed E-state index contributed by atoms with van der Waals surface area (Å²) in [6.07, 6.45) is 2.49. The van der Waals surface area contributed by atoms with Gasteiger partial charge in [0.1, 0.15) is 28.5 Å². The van der Waals surface area contributed by atoms with Gasteiger partial charge in [0.2, 0.25) is 5.95 Å². The Kier molecular flexibility index (Phi) is 9.47. The van der Waals surface area contributed by atoms with E-state index >= 15 is 0 Å². The van der Waals surface area contributed by atoms with Gasteiger partial charge in [-0.25, -0.2) is 14.8 Å². The summed E-state index contributed by atoms with van der Waals surface area (Å²) in [5.74, 6) is 1.48. The van der Waals surface area contributed by atoms with Crippen LogP contribution in [0, 0.1) is 10.1 Å². The Morgan fingerprint density at radius 1 is 1.06 bits per heavy atom. The van der Waals surface area contributed by atoms with Crippen molar-refractivity contribution in [2.24, 2.45) is 0 Å². The van der Waals surface area contributed by atoms with E-state index in [0.29, 0.717) is 77.9 Å². The van der Waals surface area contributed by atoms with Crippen LogP contribution in [0.3, 0.4) is 0 Å². The summed E-state index contributed by atoms with van der Waals surface area (Å²) >= 11 is 0. The fourth-order valence-corrected chi connectivity index (χ4v) is 6.79. The Bertz CT molecular complexity index is 1950. The van der Waals surface area contributed by atoms with Gasteiger partial charge in [-0.1, -0.05) is 12.1 Å². The van der Waals surface area contributed by atoms with E-state index in [4.69, 9.17) is 18.9 Å². The molecule has 0 aliphatic carbocycles. The molecule has 4 aromatic rings. The van der Waals surface area contributed by atoms with Crippen LogP contribution in [0.5, 0.6) is 17.2 Å². The largest absolute Gasteiger partial charge is 0.496 e. The van der Waals surface area contributed by atoms with Crippen molar-refractivity contribution < 1.29 is 33.5 Å². The number of aromatic nitrogens is 3. The second-order valence-electron chi connectivity index (χ2n) is 13.6. The number of benzene rings is 2. The van der Waals surface area contributed by atoms with E-state index in [2.05, 4.69) is 20.3 Å². The highest BCUT2D eigenvalue weighted by molar-refractivity contribution is 5.98. The lowest BCUT2D eigenvalue weighted by molar-refractivity contribution is -0.383. The molecular formula is C36H41N7O8. The minimum atomic E-state index is -0.679. The minimum Gasteiger partial charge on any atom is -0.496 e. The fraction of sp³-hybridized carbons (Fsp3) is 0.389. The van der Waals surface area contributed by atoms with Crippen molar-refractivity contribution in [1.82, 2.24) is 24.8 Å². The number of carbonyl (C=O) groups excluding carboxylic acids is 2. The van der Waals surface area contributed by atoms with Crippen LogP contribution in [0.1, 0.15) is 55.2 Å². The minimum absolute atomic E-state index is 0.119. The van der Waals surface area contributed by atoms with Gasteiger partial charge < -0.3 is 39.0 Å². The molecule has 1 atom stereocenters. The molecule has 0 saturated carbocycles. The summed E-state index contributed by atoms with van der Waals surface area (Å²) in [6, 6.07) is 13.2. The van der Waals surface area contributed by atoms with E-state index in [1.165, 1.54) is 12.3 Å². The third-order valence-corrected chi connectivity index (χ3v) is 9.03. The second kappa shape index (κ2) is 13.8. The van der Waals surface area contributed by atoms with Gasteiger partial charge >= 0.3 is 6.09 Å². The molecule has 15 nitrogen and oxygen atoms in total. The van der Waals surface area contributed by atoms with Gasteiger partial charge in [-0.2, -0.15) is 0 Å². The molecule has 51 heavy (non-hydrogen) atoms. The summed E-state index contributed by atoms with van der Waals surface area (Å²) in [4.78, 5) is 54.8. The molecule has 0 radical (unpaired) electrons. The van der Waals surface area contributed by atoms with Crippen LogP contribution < -0.4 is 19.5 Å². The molecule has 2 aliphatic rings. The molecule has 2 aliphatic heterocycles. The highest BCUT2D eigenvalue weighted by Gasteiger charge is 2.49. The molecule has 1 spiro atoms. The lowest BCUT2D eigenvalue weighted by Crippen LogP contribution is -2.58. The number of nitrogens with one attached hydrogen (secondary N) is 2. The van der Waals surface area contributed by atoms with Crippen molar-refractivity contribution in [1.29, 1.82) is 0 Å². The zero-order valence-corrected chi connectivity index (χ0v) is 29.4. The number of amides is 2. The summed E-state index contributed by atoms with van der Waals surface area (Å²) in [7, 11) is 4.65. The lowest BCUT2D eigenvalue weighted by Gasteiger charge is -2.47. The Morgan fingerprint density at radius 2 is 1.78 bits per heavy atom. The molecule has 0 bridgehead atoms.